The molecule has 0 atom stereocenters. The predicted octanol–water partition coefficient (Wildman–Crippen LogP) is 8.19. The fourth-order valence-corrected chi connectivity index (χ4v) is 5.17. The number of carbonyl (C=O) groups excluding carboxylic acids is 2. The first kappa shape index (κ1) is 29.7. The number of halogens is 2. The Hall–Kier alpha value is -2.82. The average molecular weight is 554 g/mol. The van der Waals surface area contributed by atoms with Gasteiger partial charge in [0.1, 0.15) is 0 Å². The smallest absolute Gasteiger partial charge is 0.185 e. The Balaban J connectivity index is 1.70. The Morgan fingerprint density at radius 3 is 1.47 bits per heavy atom. The highest BCUT2D eigenvalue weighted by molar-refractivity contribution is 6.33. The van der Waals surface area contributed by atoms with Crippen LogP contribution in [0.2, 0.25) is 0 Å². The molecular formula is C32H38Cl2N2O2. The molecule has 1 aromatic carbocycles. The summed E-state index contributed by atoms with van der Waals surface area (Å²) in [4.78, 5) is 30.2. The Labute approximate surface area is 237 Å². The van der Waals surface area contributed by atoms with Crippen LogP contribution in [-0.2, 0) is 0 Å². The fraction of sp³-hybridized carbons (Fsp3) is 0.375. The summed E-state index contributed by atoms with van der Waals surface area (Å²) in [6, 6.07) is 6.84. The molecule has 0 heterocycles. The third-order valence-electron chi connectivity index (χ3n) is 7.06. The number of benzene rings is 1. The molecule has 2 aliphatic rings. The summed E-state index contributed by atoms with van der Waals surface area (Å²) >= 11 is 13.2. The molecule has 202 valence electrons. The highest BCUT2D eigenvalue weighted by Crippen LogP contribution is 2.36. The van der Waals surface area contributed by atoms with E-state index in [0.29, 0.717) is 11.1 Å². The standard InChI is InChI=1S/C32H38Cl2N2O2/c1-5-35(6-2)21-27-14-12-23(31(27)33)16-18-29(37)25-10-9-11-26(20-25)30(38)19-17-24-13-15-28(32(24)34)22-36(7-3)8-4/h9-11,16-22H,5-8,12-15H2,1-4H3/b18-16+,19-17+,27-21+,28-22+. The second-order valence-electron chi connectivity index (χ2n) is 9.41. The topological polar surface area (TPSA) is 40.6 Å². The molecular weight excluding hydrogens is 515 g/mol. The van der Waals surface area contributed by atoms with Crippen molar-refractivity contribution in [3.05, 3.63) is 104 Å². The van der Waals surface area contributed by atoms with Crippen molar-refractivity contribution in [2.45, 2.75) is 53.4 Å². The summed E-state index contributed by atoms with van der Waals surface area (Å²) in [6.07, 6.45) is 14.3. The van der Waals surface area contributed by atoms with Gasteiger partial charge in [-0.3, -0.25) is 9.59 Å². The van der Waals surface area contributed by atoms with E-state index in [-0.39, 0.29) is 11.6 Å². The maximum atomic E-state index is 12.9. The Bertz CT molecular complexity index is 1130. The van der Waals surface area contributed by atoms with Gasteiger partial charge in [-0.05, 0) is 93.9 Å². The summed E-state index contributed by atoms with van der Waals surface area (Å²) in [6.45, 7) is 12.2. The third kappa shape index (κ3) is 7.61. The summed E-state index contributed by atoms with van der Waals surface area (Å²) in [7, 11) is 0. The van der Waals surface area contributed by atoms with Crippen LogP contribution in [0.3, 0.4) is 0 Å². The van der Waals surface area contributed by atoms with Crippen molar-refractivity contribution in [2.24, 2.45) is 0 Å². The maximum Gasteiger partial charge on any atom is 0.185 e. The molecule has 0 spiro atoms. The van der Waals surface area contributed by atoms with Crippen molar-refractivity contribution < 1.29 is 9.59 Å². The molecule has 0 saturated carbocycles. The fourth-order valence-electron chi connectivity index (χ4n) is 4.57. The third-order valence-corrected chi connectivity index (χ3v) is 8.03. The normalized spacial score (nSPS) is 18.2. The second kappa shape index (κ2) is 14.4. The van der Waals surface area contributed by atoms with Crippen molar-refractivity contribution in [3.63, 3.8) is 0 Å². The van der Waals surface area contributed by atoms with Gasteiger partial charge >= 0.3 is 0 Å². The van der Waals surface area contributed by atoms with E-state index in [4.69, 9.17) is 23.2 Å². The molecule has 0 N–H and O–H groups in total. The summed E-state index contributed by atoms with van der Waals surface area (Å²) in [5, 5.41) is 1.45. The predicted molar refractivity (Wildman–Crippen MR) is 160 cm³/mol. The molecule has 1 aromatic rings. The lowest BCUT2D eigenvalue weighted by Crippen LogP contribution is -2.16. The van der Waals surface area contributed by atoms with Gasteiger partial charge in [-0.1, -0.05) is 53.6 Å². The zero-order valence-electron chi connectivity index (χ0n) is 22.9. The van der Waals surface area contributed by atoms with Crippen molar-refractivity contribution in [3.8, 4) is 0 Å². The van der Waals surface area contributed by atoms with Gasteiger partial charge in [0.05, 0.1) is 0 Å². The van der Waals surface area contributed by atoms with Crippen molar-refractivity contribution >= 4 is 34.8 Å². The van der Waals surface area contributed by atoms with Crippen molar-refractivity contribution in [1.82, 2.24) is 9.80 Å². The van der Waals surface area contributed by atoms with Gasteiger partial charge in [-0.25, -0.2) is 0 Å². The molecule has 0 unspecified atom stereocenters. The van der Waals surface area contributed by atoms with Crippen LogP contribution in [-0.4, -0.2) is 47.5 Å². The van der Waals surface area contributed by atoms with Crippen LogP contribution in [0.25, 0.3) is 0 Å². The van der Waals surface area contributed by atoms with Crippen LogP contribution < -0.4 is 0 Å². The molecule has 3 rings (SSSR count). The van der Waals surface area contributed by atoms with Gasteiger partial charge in [0.25, 0.3) is 0 Å². The monoisotopic (exact) mass is 552 g/mol. The molecule has 2 aliphatic carbocycles. The van der Waals surface area contributed by atoms with Gasteiger partial charge in [-0.15, -0.1) is 0 Å². The second-order valence-corrected chi connectivity index (χ2v) is 10.2. The minimum atomic E-state index is -0.158. The average Bonchev–Trinajstić information content (AvgIpc) is 3.47. The lowest BCUT2D eigenvalue weighted by atomic mass is 10.0. The van der Waals surface area contributed by atoms with E-state index in [0.717, 1.165) is 84.2 Å². The van der Waals surface area contributed by atoms with Gasteiger partial charge in [0.15, 0.2) is 11.6 Å². The van der Waals surface area contributed by atoms with Gasteiger partial charge in [0.2, 0.25) is 0 Å². The van der Waals surface area contributed by atoms with Crippen LogP contribution in [0.5, 0.6) is 0 Å². The first-order chi connectivity index (χ1) is 18.3. The number of allylic oxidation sites excluding steroid dienone is 10. The summed E-state index contributed by atoms with van der Waals surface area (Å²) < 4.78 is 0. The number of hydrogen-bond donors (Lipinski definition) is 0. The number of carbonyl (C=O) groups is 2. The summed E-state index contributed by atoms with van der Waals surface area (Å²) in [5.74, 6) is -0.316. The molecule has 6 heteroatoms. The molecule has 0 aliphatic heterocycles. The molecule has 38 heavy (non-hydrogen) atoms. The first-order valence-electron chi connectivity index (χ1n) is 13.5. The van der Waals surface area contributed by atoms with E-state index >= 15 is 0 Å². The van der Waals surface area contributed by atoms with Crippen LogP contribution in [0.15, 0.2) is 93.3 Å². The Kier molecular flexibility index (Phi) is 11.2. The van der Waals surface area contributed by atoms with E-state index in [9.17, 15) is 9.59 Å². The maximum absolute atomic E-state index is 12.9. The molecule has 4 nitrogen and oxygen atoms in total. The van der Waals surface area contributed by atoms with E-state index in [2.05, 4.69) is 49.9 Å². The largest absolute Gasteiger partial charge is 0.378 e. The van der Waals surface area contributed by atoms with Gasteiger partial charge in [-0.2, -0.15) is 0 Å². The molecule has 0 radical (unpaired) electrons. The Morgan fingerprint density at radius 1 is 0.711 bits per heavy atom. The molecule has 0 bridgehead atoms. The van der Waals surface area contributed by atoms with Gasteiger partial charge in [0, 0.05) is 59.8 Å². The highest BCUT2D eigenvalue weighted by Gasteiger charge is 2.19. The lowest BCUT2D eigenvalue weighted by molar-refractivity contribution is 0.104. The first-order valence-corrected chi connectivity index (χ1v) is 14.3. The molecule has 0 aromatic heterocycles. The quantitative estimate of drug-likeness (QED) is 0.193. The number of ketones is 2. The molecule has 0 saturated heterocycles. The summed E-state index contributed by atoms with van der Waals surface area (Å²) in [5.41, 5.74) is 5.08. The van der Waals surface area contributed by atoms with E-state index in [1.807, 2.05) is 0 Å². The lowest BCUT2D eigenvalue weighted by Gasteiger charge is -2.16. The van der Waals surface area contributed by atoms with Crippen LogP contribution in [0.1, 0.15) is 74.1 Å². The van der Waals surface area contributed by atoms with Crippen molar-refractivity contribution in [2.75, 3.05) is 26.2 Å². The van der Waals surface area contributed by atoms with E-state index < -0.39 is 0 Å². The minimum absolute atomic E-state index is 0.158. The van der Waals surface area contributed by atoms with Crippen LogP contribution in [0, 0.1) is 0 Å². The molecule has 0 fully saturated rings. The SMILES string of the molecule is CCN(/C=C1\CCC(/C=C/C(=O)c2cccc(C(=O)/C=C/C3=C(Cl)C(=C/N(CC)CC)/CC3)c2)=C1Cl)CC. The minimum Gasteiger partial charge on any atom is -0.378 e. The van der Waals surface area contributed by atoms with Gasteiger partial charge < -0.3 is 9.80 Å². The van der Waals surface area contributed by atoms with Crippen LogP contribution in [0.4, 0.5) is 0 Å². The van der Waals surface area contributed by atoms with E-state index in [1.54, 1.807) is 48.6 Å². The molecule has 0 amide bonds. The van der Waals surface area contributed by atoms with Crippen molar-refractivity contribution in [1.29, 1.82) is 0 Å². The van der Waals surface area contributed by atoms with Crippen LogP contribution >= 0.6 is 23.2 Å². The highest BCUT2D eigenvalue weighted by atomic mass is 35.5. The number of hydrogen-bond acceptors (Lipinski definition) is 4. The van der Waals surface area contributed by atoms with E-state index in [1.165, 1.54) is 0 Å². The number of rotatable bonds is 12. The Morgan fingerprint density at radius 2 is 1.11 bits per heavy atom. The zero-order valence-corrected chi connectivity index (χ0v) is 24.4. The zero-order chi connectivity index (χ0) is 27.7. The number of nitrogens with zero attached hydrogens (tertiary/aromatic N) is 2.